The van der Waals surface area contributed by atoms with Crippen LogP contribution in [0, 0.1) is 0 Å². The predicted octanol–water partition coefficient (Wildman–Crippen LogP) is 2.84. The fourth-order valence-electron chi connectivity index (χ4n) is 4.52. The quantitative estimate of drug-likeness (QED) is 0.742. The minimum absolute atomic E-state index is 0.0956. The van der Waals surface area contributed by atoms with Gasteiger partial charge in [0.25, 0.3) is 5.92 Å². The molecule has 1 saturated carbocycles. The van der Waals surface area contributed by atoms with Gasteiger partial charge in [-0.25, -0.2) is 8.78 Å². The Morgan fingerprint density at radius 2 is 2.07 bits per heavy atom. The third-order valence-corrected chi connectivity index (χ3v) is 6.55. The molecule has 162 valence electrons. The van der Waals surface area contributed by atoms with Gasteiger partial charge in [-0.05, 0) is 38.6 Å². The highest BCUT2D eigenvalue weighted by molar-refractivity contribution is 5.77. The number of nitrogens with zero attached hydrogens (tertiary/aromatic N) is 4. The summed E-state index contributed by atoms with van der Waals surface area (Å²) >= 11 is 0. The van der Waals surface area contributed by atoms with E-state index in [2.05, 4.69) is 15.0 Å². The summed E-state index contributed by atoms with van der Waals surface area (Å²) in [7, 11) is 0. The highest BCUT2D eigenvalue weighted by Crippen LogP contribution is 2.36. The third-order valence-electron chi connectivity index (χ3n) is 6.55. The van der Waals surface area contributed by atoms with E-state index >= 15 is 0 Å². The summed E-state index contributed by atoms with van der Waals surface area (Å²) in [5.74, 6) is -1.07. The van der Waals surface area contributed by atoms with Crippen LogP contribution in [0.3, 0.4) is 0 Å². The average molecular weight is 411 g/mol. The highest BCUT2D eigenvalue weighted by atomic mass is 19.3. The number of amides is 1. The van der Waals surface area contributed by atoms with Gasteiger partial charge >= 0.3 is 0 Å². The fourth-order valence-corrected chi connectivity index (χ4v) is 4.52. The summed E-state index contributed by atoms with van der Waals surface area (Å²) < 4.78 is 32.8. The summed E-state index contributed by atoms with van der Waals surface area (Å²) in [6.07, 6.45) is 6.86. The lowest BCUT2D eigenvalue weighted by molar-refractivity contribution is -0.147. The first-order valence-corrected chi connectivity index (χ1v) is 10.9. The van der Waals surface area contributed by atoms with Crippen LogP contribution in [0.5, 0.6) is 0 Å². The third kappa shape index (κ3) is 4.94. The van der Waals surface area contributed by atoms with E-state index in [1.807, 2.05) is 0 Å². The summed E-state index contributed by atoms with van der Waals surface area (Å²) in [4.78, 5) is 20.2. The zero-order chi connectivity index (χ0) is 20.4. The molecule has 0 spiro atoms. The molecule has 3 fully saturated rings. The maximum atomic E-state index is 13.6. The second kappa shape index (κ2) is 8.63. The Labute approximate surface area is 170 Å². The van der Waals surface area contributed by atoms with Gasteiger partial charge in [0.2, 0.25) is 11.8 Å². The first kappa shape index (κ1) is 20.7. The molecular formula is C20H31F2N5O2. The van der Waals surface area contributed by atoms with Crippen LogP contribution in [0.15, 0.2) is 4.52 Å². The molecule has 0 unspecified atom stereocenters. The molecule has 1 amide bonds. The van der Waals surface area contributed by atoms with Gasteiger partial charge in [-0.15, -0.1) is 0 Å². The lowest BCUT2D eigenvalue weighted by atomic mass is 9.85. The maximum Gasteiger partial charge on any atom is 0.265 e. The standard InChI is InChI=1S/C20H31F2N5O2/c21-20(22)9-7-17(28)27(13-20)12-15(23)8-11-26-10-2-1-6-16(26)19-24-18(25-29-19)14-4-3-5-14/h14-16H,1-13,23H2/t15-,16-/m0/s1. The molecule has 2 saturated heterocycles. The van der Waals surface area contributed by atoms with Crippen molar-refractivity contribution in [3.8, 4) is 0 Å². The smallest absolute Gasteiger partial charge is 0.265 e. The number of rotatable bonds is 7. The van der Waals surface area contributed by atoms with Gasteiger partial charge in [0.05, 0.1) is 12.6 Å². The van der Waals surface area contributed by atoms with Crippen LogP contribution in [-0.4, -0.2) is 64.0 Å². The van der Waals surface area contributed by atoms with Gasteiger partial charge in [0, 0.05) is 37.9 Å². The second-order valence-electron chi connectivity index (χ2n) is 8.85. The Morgan fingerprint density at radius 3 is 2.83 bits per heavy atom. The number of carbonyl (C=O) groups excluding carboxylic acids is 1. The Hall–Kier alpha value is -1.61. The molecule has 4 rings (SSSR count). The molecule has 1 aromatic rings. The van der Waals surface area contributed by atoms with Crippen molar-refractivity contribution in [3.05, 3.63) is 11.7 Å². The number of aromatic nitrogens is 2. The predicted molar refractivity (Wildman–Crippen MR) is 102 cm³/mol. The van der Waals surface area contributed by atoms with Crippen molar-refractivity contribution in [2.75, 3.05) is 26.2 Å². The van der Waals surface area contributed by atoms with Gasteiger partial charge in [-0.2, -0.15) is 4.98 Å². The number of halogens is 2. The maximum absolute atomic E-state index is 13.6. The SMILES string of the molecule is N[C@@H](CCN1CCCC[C@H]1c1nc(C2CCC2)no1)CN1CC(F)(F)CCC1=O. The number of nitrogens with two attached hydrogens (primary N) is 1. The fraction of sp³-hybridized carbons (Fsp3) is 0.850. The normalized spacial score (nSPS) is 27.1. The molecule has 7 nitrogen and oxygen atoms in total. The van der Waals surface area contributed by atoms with Crippen LogP contribution < -0.4 is 5.73 Å². The van der Waals surface area contributed by atoms with E-state index in [1.54, 1.807) is 0 Å². The van der Waals surface area contributed by atoms with Crippen molar-refractivity contribution in [2.45, 2.75) is 81.7 Å². The van der Waals surface area contributed by atoms with Crippen LogP contribution in [0.4, 0.5) is 8.78 Å². The number of hydrogen-bond acceptors (Lipinski definition) is 6. The van der Waals surface area contributed by atoms with E-state index in [4.69, 9.17) is 10.3 Å². The molecule has 1 aromatic heterocycles. The van der Waals surface area contributed by atoms with Crippen molar-refractivity contribution in [1.29, 1.82) is 0 Å². The van der Waals surface area contributed by atoms with E-state index in [1.165, 1.54) is 11.3 Å². The van der Waals surface area contributed by atoms with Crippen molar-refractivity contribution < 1.29 is 18.1 Å². The Bertz CT molecular complexity index is 709. The summed E-state index contributed by atoms with van der Waals surface area (Å²) in [5, 5.41) is 4.19. The van der Waals surface area contributed by atoms with E-state index in [9.17, 15) is 13.6 Å². The minimum Gasteiger partial charge on any atom is -0.338 e. The van der Waals surface area contributed by atoms with Crippen molar-refractivity contribution in [2.24, 2.45) is 5.73 Å². The van der Waals surface area contributed by atoms with Crippen molar-refractivity contribution in [3.63, 3.8) is 0 Å². The van der Waals surface area contributed by atoms with Crippen molar-refractivity contribution >= 4 is 5.91 Å². The number of alkyl halides is 2. The van der Waals surface area contributed by atoms with Crippen molar-refractivity contribution in [1.82, 2.24) is 19.9 Å². The summed E-state index contributed by atoms with van der Waals surface area (Å²) in [5.41, 5.74) is 6.21. The Balaban J connectivity index is 1.31. The molecule has 9 heteroatoms. The van der Waals surface area contributed by atoms with Gasteiger partial charge in [-0.1, -0.05) is 18.0 Å². The van der Waals surface area contributed by atoms with Gasteiger partial charge in [0.1, 0.15) is 0 Å². The molecule has 2 atom stereocenters. The lowest BCUT2D eigenvalue weighted by Crippen LogP contribution is -2.51. The minimum atomic E-state index is -2.80. The first-order chi connectivity index (χ1) is 13.9. The van der Waals surface area contributed by atoms with E-state index in [0.717, 1.165) is 51.0 Å². The molecule has 3 heterocycles. The number of likely N-dealkylation sites (tertiary alicyclic amines) is 2. The second-order valence-corrected chi connectivity index (χ2v) is 8.85. The molecule has 29 heavy (non-hydrogen) atoms. The Kier molecular flexibility index (Phi) is 6.15. The molecule has 1 aliphatic carbocycles. The topological polar surface area (TPSA) is 88.5 Å². The van der Waals surface area contributed by atoms with Crippen LogP contribution in [0.25, 0.3) is 0 Å². The van der Waals surface area contributed by atoms with E-state index < -0.39 is 12.5 Å². The summed E-state index contributed by atoms with van der Waals surface area (Å²) in [6.45, 7) is 1.32. The van der Waals surface area contributed by atoms with Crippen LogP contribution in [0.2, 0.25) is 0 Å². The molecule has 2 N–H and O–H groups in total. The zero-order valence-electron chi connectivity index (χ0n) is 16.9. The van der Waals surface area contributed by atoms with Crippen LogP contribution in [-0.2, 0) is 4.79 Å². The monoisotopic (exact) mass is 411 g/mol. The number of carbonyl (C=O) groups is 1. The van der Waals surface area contributed by atoms with Gasteiger partial charge in [-0.3, -0.25) is 9.69 Å². The average Bonchev–Trinajstić information content (AvgIpc) is 3.11. The lowest BCUT2D eigenvalue weighted by Gasteiger charge is -2.36. The van der Waals surface area contributed by atoms with E-state index in [-0.39, 0.29) is 37.4 Å². The molecule has 0 bridgehead atoms. The Morgan fingerprint density at radius 1 is 1.24 bits per heavy atom. The molecule has 2 aliphatic heterocycles. The molecule has 0 radical (unpaired) electrons. The van der Waals surface area contributed by atoms with Crippen LogP contribution in [0.1, 0.15) is 81.5 Å². The summed E-state index contributed by atoms with van der Waals surface area (Å²) in [6, 6.07) is -0.234. The molecule has 0 aromatic carbocycles. The van der Waals surface area contributed by atoms with Gasteiger partial charge < -0.3 is 15.2 Å². The van der Waals surface area contributed by atoms with Gasteiger partial charge in [0.15, 0.2) is 5.82 Å². The number of piperidine rings is 2. The van der Waals surface area contributed by atoms with E-state index in [0.29, 0.717) is 18.2 Å². The molecule has 3 aliphatic rings. The first-order valence-electron chi connectivity index (χ1n) is 10.9. The zero-order valence-corrected chi connectivity index (χ0v) is 16.9. The van der Waals surface area contributed by atoms with Crippen LogP contribution >= 0.6 is 0 Å². The molecular weight excluding hydrogens is 380 g/mol. The highest BCUT2D eigenvalue weighted by Gasteiger charge is 2.39. The number of hydrogen-bond donors (Lipinski definition) is 1. The largest absolute Gasteiger partial charge is 0.338 e.